The number of rotatable bonds is 1. The largest absolute Gasteiger partial charge is 0.363 e. The van der Waals surface area contributed by atoms with Crippen LogP contribution in [-0.2, 0) is 4.57 Å². The van der Waals surface area contributed by atoms with Gasteiger partial charge >= 0.3 is 8.46 Å². The van der Waals surface area contributed by atoms with Gasteiger partial charge in [0, 0.05) is 5.56 Å². The fourth-order valence-electron chi connectivity index (χ4n) is 0.862. The molecule has 0 aliphatic carbocycles. The van der Waals surface area contributed by atoms with Gasteiger partial charge in [-0.25, -0.2) is 0 Å². The second kappa shape index (κ2) is 2.94. The highest BCUT2D eigenvalue weighted by atomic mass is 31.1. The van der Waals surface area contributed by atoms with Crippen molar-refractivity contribution in [2.75, 3.05) is 0 Å². The van der Waals surface area contributed by atoms with Crippen LogP contribution in [0.1, 0.15) is 11.1 Å². The summed E-state index contributed by atoms with van der Waals surface area (Å²) in [5, 5.41) is 0.944. The summed E-state index contributed by atoms with van der Waals surface area (Å²) >= 11 is 0. The van der Waals surface area contributed by atoms with Crippen molar-refractivity contribution in [3.8, 4) is 0 Å². The highest BCUT2D eigenvalue weighted by Gasteiger charge is 2.04. The van der Waals surface area contributed by atoms with E-state index in [2.05, 4.69) is 0 Å². The number of aryl methyl sites for hydroxylation is 1. The predicted octanol–water partition coefficient (Wildman–Crippen LogP) is 1.95. The van der Waals surface area contributed by atoms with Gasteiger partial charge in [0.25, 0.3) is 0 Å². The third-order valence-corrected chi connectivity index (χ3v) is 2.48. The first-order chi connectivity index (χ1) is 4.75. The number of hydrogen-bond acceptors (Lipinski definition) is 1. The molecule has 0 heterocycles. The molecule has 1 atom stereocenters. The lowest BCUT2D eigenvalue weighted by Gasteiger charge is -1.94. The van der Waals surface area contributed by atoms with E-state index < -0.39 is 0 Å². The zero-order valence-electron chi connectivity index (χ0n) is 6.14. The maximum Gasteiger partial charge on any atom is 0.363 e. The molecule has 1 unspecified atom stereocenters. The Hall–Kier alpha value is -0.680. The Morgan fingerprint density at radius 1 is 1.30 bits per heavy atom. The van der Waals surface area contributed by atoms with Gasteiger partial charge in [0.15, 0.2) is 5.30 Å². The van der Waals surface area contributed by atoms with Crippen molar-refractivity contribution >= 4 is 13.8 Å². The summed E-state index contributed by atoms with van der Waals surface area (Å²) in [6.07, 6.45) is 0. The van der Waals surface area contributed by atoms with E-state index in [4.69, 9.17) is 0 Å². The maximum absolute atomic E-state index is 10.5. The molecule has 0 saturated carbocycles. The second-order valence-corrected chi connectivity index (χ2v) is 3.09. The Labute approximate surface area is 62.3 Å². The molecular formula is C8H10OP+. The van der Waals surface area contributed by atoms with E-state index in [-0.39, 0.29) is 8.46 Å². The summed E-state index contributed by atoms with van der Waals surface area (Å²) in [5.41, 5.74) is 2.36. The van der Waals surface area contributed by atoms with Gasteiger partial charge in [-0.15, -0.1) is 0 Å². The lowest BCUT2D eigenvalue weighted by atomic mass is 10.1. The van der Waals surface area contributed by atoms with E-state index in [9.17, 15) is 4.57 Å². The van der Waals surface area contributed by atoms with E-state index in [0.717, 1.165) is 10.9 Å². The normalized spacial score (nSPS) is 10.2. The molecule has 1 nitrogen and oxygen atoms in total. The van der Waals surface area contributed by atoms with Crippen LogP contribution in [-0.4, -0.2) is 0 Å². The van der Waals surface area contributed by atoms with E-state index in [1.54, 1.807) is 0 Å². The van der Waals surface area contributed by atoms with Crippen LogP contribution in [0.15, 0.2) is 18.2 Å². The zero-order chi connectivity index (χ0) is 7.56. The van der Waals surface area contributed by atoms with E-state index in [1.807, 2.05) is 32.0 Å². The molecule has 1 rings (SSSR count). The topological polar surface area (TPSA) is 17.1 Å². The molecule has 0 spiro atoms. The molecule has 0 radical (unpaired) electrons. The van der Waals surface area contributed by atoms with Crippen LogP contribution in [0, 0.1) is 13.8 Å². The molecular weight excluding hydrogens is 143 g/mol. The van der Waals surface area contributed by atoms with Crippen molar-refractivity contribution in [2.24, 2.45) is 0 Å². The molecule has 0 bridgehead atoms. The lowest BCUT2D eigenvalue weighted by Crippen LogP contribution is -1.98. The molecule has 52 valence electrons. The summed E-state index contributed by atoms with van der Waals surface area (Å²) in [4.78, 5) is 0. The fraction of sp³-hybridized carbons (Fsp3) is 0.250. The van der Waals surface area contributed by atoms with Crippen LogP contribution in [0.5, 0.6) is 0 Å². The van der Waals surface area contributed by atoms with Gasteiger partial charge < -0.3 is 0 Å². The Morgan fingerprint density at radius 2 is 2.00 bits per heavy atom. The van der Waals surface area contributed by atoms with Crippen LogP contribution in [0.4, 0.5) is 0 Å². The minimum Gasteiger partial charge on any atom is -0.0707 e. The Balaban J connectivity index is 3.27. The molecule has 0 amide bonds. The van der Waals surface area contributed by atoms with Crippen molar-refractivity contribution < 1.29 is 4.57 Å². The molecule has 1 aromatic rings. The predicted molar refractivity (Wildman–Crippen MR) is 44.6 cm³/mol. The molecule has 0 aromatic heterocycles. The van der Waals surface area contributed by atoms with Gasteiger partial charge in [-0.05, 0) is 25.5 Å². The summed E-state index contributed by atoms with van der Waals surface area (Å²) in [6, 6.07) is 5.86. The minimum absolute atomic E-state index is 0.325. The molecule has 0 aliphatic rings. The minimum atomic E-state index is -0.325. The third-order valence-electron chi connectivity index (χ3n) is 1.71. The fourth-order valence-corrected chi connectivity index (χ4v) is 1.38. The van der Waals surface area contributed by atoms with Gasteiger partial charge in [0.05, 0.1) is 0 Å². The summed E-state index contributed by atoms with van der Waals surface area (Å²) in [6.45, 7) is 4.02. The first-order valence-corrected chi connectivity index (χ1v) is 4.11. The monoisotopic (exact) mass is 153 g/mol. The smallest absolute Gasteiger partial charge is 0.0707 e. The average Bonchev–Trinajstić information content (AvgIpc) is 1.95. The molecule has 0 saturated heterocycles. The van der Waals surface area contributed by atoms with Gasteiger partial charge in [-0.1, -0.05) is 16.7 Å². The van der Waals surface area contributed by atoms with Gasteiger partial charge in [0.2, 0.25) is 0 Å². The highest BCUT2D eigenvalue weighted by molar-refractivity contribution is 7.34. The summed E-state index contributed by atoms with van der Waals surface area (Å²) < 4.78 is 10.5. The first kappa shape index (κ1) is 7.43. The van der Waals surface area contributed by atoms with Crippen LogP contribution in [0.2, 0.25) is 0 Å². The van der Waals surface area contributed by atoms with E-state index in [1.165, 1.54) is 5.56 Å². The van der Waals surface area contributed by atoms with Gasteiger partial charge in [-0.3, -0.25) is 0 Å². The Morgan fingerprint density at radius 3 is 2.50 bits per heavy atom. The molecule has 0 fully saturated rings. The lowest BCUT2D eigenvalue weighted by molar-refractivity contribution is 0.603. The molecule has 1 aromatic carbocycles. The van der Waals surface area contributed by atoms with Crippen LogP contribution < -0.4 is 5.30 Å². The third kappa shape index (κ3) is 1.25. The first-order valence-electron chi connectivity index (χ1n) is 3.20. The van der Waals surface area contributed by atoms with Crippen molar-refractivity contribution in [1.82, 2.24) is 0 Å². The molecule has 0 aliphatic heterocycles. The number of benzene rings is 1. The summed E-state index contributed by atoms with van der Waals surface area (Å²) in [7, 11) is -0.325. The molecule has 10 heavy (non-hydrogen) atoms. The average molecular weight is 153 g/mol. The molecule has 2 heteroatoms. The van der Waals surface area contributed by atoms with Crippen molar-refractivity contribution in [3.63, 3.8) is 0 Å². The van der Waals surface area contributed by atoms with Gasteiger partial charge in [0.1, 0.15) is 0 Å². The van der Waals surface area contributed by atoms with Crippen molar-refractivity contribution in [3.05, 3.63) is 29.3 Å². The van der Waals surface area contributed by atoms with Gasteiger partial charge in [-0.2, -0.15) is 0 Å². The van der Waals surface area contributed by atoms with Crippen LogP contribution >= 0.6 is 8.46 Å². The quantitative estimate of drug-likeness (QED) is 0.563. The number of hydrogen-bond donors (Lipinski definition) is 0. The Bertz CT molecular complexity index is 255. The van der Waals surface area contributed by atoms with Crippen LogP contribution in [0.25, 0.3) is 0 Å². The summed E-state index contributed by atoms with van der Waals surface area (Å²) in [5.74, 6) is 0. The second-order valence-electron chi connectivity index (χ2n) is 2.35. The SMILES string of the molecule is Cc1cccc([PH+]=O)c1C. The zero-order valence-corrected chi connectivity index (χ0v) is 7.14. The Kier molecular flexibility index (Phi) is 2.18. The van der Waals surface area contributed by atoms with Crippen molar-refractivity contribution in [2.45, 2.75) is 13.8 Å². The van der Waals surface area contributed by atoms with Crippen LogP contribution in [0.3, 0.4) is 0 Å². The van der Waals surface area contributed by atoms with E-state index >= 15 is 0 Å². The van der Waals surface area contributed by atoms with Crippen molar-refractivity contribution in [1.29, 1.82) is 0 Å². The van der Waals surface area contributed by atoms with E-state index in [0.29, 0.717) is 0 Å². The molecule has 0 N–H and O–H groups in total. The maximum atomic E-state index is 10.5. The highest BCUT2D eigenvalue weighted by Crippen LogP contribution is 2.07. The standard InChI is InChI=1S/C8H9OP/c1-6-4-3-5-8(10-9)7(6)2/h3-5H,1-2H3/p+1.